The fourth-order valence-electron chi connectivity index (χ4n) is 2.43. The van der Waals surface area contributed by atoms with Gasteiger partial charge in [-0.25, -0.2) is 0 Å². The summed E-state index contributed by atoms with van der Waals surface area (Å²) in [5, 5.41) is 9.26. The molecule has 1 atom stereocenters. The molecule has 122 valence electrons. The summed E-state index contributed by atoms with van der Waals surface area (Å²) < 4.78 is 0. The molecule has 2 amide bonds. The number of hydrogen-bond donors (Lipinski definition) is 3. The number of anilines is 1. The van der Waals surface area contributed by atoms with Crippen LogP contribution in [-0.4, -0.2) is 30.9 Å². The third-order valence-electron chi connectivity index (χ3n) is 3.43. The summed E-state index contributed by atoms with van der Waals surface area (Å²) in [4.78, 5) is 24.1. The largest absolute Gasteiger partial charge is 0.352 e. The molecule has 0 radical (unpaired) electrons. The normalized spacial score (nSPS) is 16.7. The minimum Gasteiger partial charge on any atom is -0.352 e. The quantitative estimate of drug-likeness (QED) is 0.768. The number of benzene rings is 1. The van der Waals surface area contributed by atoms with E-state index in [1.54, 1.807) is 18.2 Å². The van der Waals surface area contributed by atoms with E-state index in [2.05, 4.69) is 16.0 Å². The van der Waals surface area contributed by atoms with E-state index in [0.29, 0.717) is 29.2 Å². The first kappa shape index (κ1) is 18.7. The van der Waals surface area contributed by atoms with Crippen molar-refractivity contribution in [1.82, 2.24) is 10.6 Å². The standard InChI is InChI=1S/C15H20ClN3O2.ClH/c1-2-17-15(21)12-8-10(16)5-6-13(12)19-14(20)9-11-4-3-7-18-11;/h5-6,8,11,18H,2-4,7,9H2,1H3,(H,17,21)(H,19,20);1H. The van der Waals surface area contributed by atoms with E-state index < -0.39 is 0 Å². The second-order valence-corrected chi connectivity index (χ2v) is 5.53. The van der Waals surface area contributed by atoms with Gasteiger partial charge in [0.25, 0.3) is 5.91 Å². The predicted octanol–water partition coefficient (Wildman–Crippen LogP) is 2.59. The van der Waals surface area contributed by atoms with Gasteiger partial charge in [-0.1, -0.05) is 11.6 Å². The van der Waals surface area contributed by atoms with Crippen molar-refractivity contribution in [2.45, 2.75) is 32.2 Å². The zero-order valence-electron chi connectivity index (χ0n) is 12.4. The minimum absolute atomic E-state index is 0. The number of halogens is 2. The van der Waals surface area contributed by atoms with E-state index >= 15 is 0 Å². The Labute approximate surface area is 141 Å². The van der Waals surface area contributed by atoms with Crippen LogP contribution in [0.25, 0.3) is 0 Å². The molecule has 1 aliphatic rings. The molecular formula is C15H21Cl2N3O2. The lowest BCUT2D eigenvalue weighted by atomic mass is 10.1. The molecular weight excluding hydrogens is 325 g/mol. The minimum atomic E-state index is -0.241. The van der Waals surface area contributed by atoms with Crippen LogP contribution in [-0.2, 0) is 4.79 Å². The van der Waals surface area contributed by atoms with Gasteiger partial charge >= 0.3 is 0 Å². The van der Waals surface area contributed by atoms with Gasteiger partial charge in [-0.2, -0.15) is 0 Å². The van der Waals surface area contributed by atoms with Gasteiger partial charge in [-0.15, -0.1) is 12.4 Å². The van der Waals surface area contributed by atoms with Crippen LogP contribution in [0.3, 0.4) is 0 Å². The smallest absolute Gasteiger partial charge is 0.253 e. The van der Waals surface area contributed by atoms with Crippen LogP contribution in [0.1, 0.15) is 36.5 Å². The van der Waals surface area contributed by atoms with Crippen LogP contribution in [0.2, 0.25) is 5.02 Å². The van der Waals surface area contributed by atoms with Crippen molar-refractivity contribution < 1.29 is 9.59 Å². The van der Waals surface area contributed by atoms with Crippen LogP contribution >= 0.6 is 24.0 Å². The third kappa shape index (κ3) is 5.16. The number of hydrogen-bond acceptors (Lipinski definition) is 3. The molecule has 1 heterocycles. The van der Waals surface area contributed by atoms with Crippen molar-refractivity contribution in [1.29, 1.82) is 0 Å². The summed E-state index contributed by atoms with van der Waals surface area (Å²) in [6.45, 7) is 3.32. The van der Waals surface area contributed by atoms with Crippen molar-refractivity contribution in [2.24, 2.45) is 0 Å². The Morgan fingerprint density at radius 1 is 1.41 bits per heavy atom. The Kier molecular flexibility index (Phi) is 7.65. The Hall–Kier alpha value is -1.30. The summed E-state index contributed by atoms with van der Waals surface area (Å²) >= 11 is 5.93. The lowest BCUT2D eigenvalue weighted by Gasteiger charge is -2.13. The van der Waals surface area contributed by atoms with Gasteiger partial charge in [0.05, 0.1) is 11.3 Å². The average Bonchev–Trinajstić information content (AvgIpc) is 2.93. The molecule has 1 unspecified atom stereocenters. The molecule has 0 aliphatic carbocycles. The zero-order chi connectivity index (χ0) is 15.2. The maximum absolute atomic E-state index is 12.1. The molecule has 0 bridgehead atoms. The molecule has 1 aromatic rings. The lowest BCUT2D eigenvalue weighted by Crippen LogP contribution is -2.29. The van der Waals surface area contributed by atoms with Crippen molar-refractivity contribution in [3.63, 3.8) is 0 Å². The van der Waals surface area contributed by atoms with Gasteiger partial charge in [-0.05, 0) is 44.5 Å². The van der Waals surface area contributed by atoms with Crippen molar-refractivity contribution >= 4 is 41.5 Å². The van der Waals surface area contributed by atoms with Gasteiger partial charge in [0.1, 0.15) is 0 Å². The zero-order valence-corrected chi connectivity index (χ0v) is 14.0. The SMILES string of the molecule is CCNC(=O)c1cc(Cl)ccc1NC(=O)CC1CCCN1.Cl. The molecule has 22 heavy (non-hydrogen) atoms. The van der Waals surface area contributed by atoms with E-state index in [1.807, 2.05) is 6.92 Å². The Morgan fingerprint density at radius 2 is 2.18 bits per heavy atom. The number of amides is 2. The first-order valence-electron chi connectivity index (χ1n) is 7.21. The predicted molar refractivity (Wildman–Crippen MR) is 91.0 cm³/mol. The van der Waals surface area contributed by atoms with Crippen LogP contribution < -0.4 is 16.0 Å². The van der Waals surface area contributed by atoms with Crippen LogP contribution in [0.15, 0.2) is 18.2 Å². The highest BCUT2D eigenvalue weighted by molar-refractivity contribution is 6.31. The lowest BCUT2D eigenvalue weighted by molar-refractivity contribution is -0.116. The van der Waals surface area contributed by atoms with Crippen LogP contribution in [0.4, 0.5) is 5.69 Å². The van der Waals surface area contributed by atoms with Gasteiger partial charge in [-0.3, -0.25) is 9.59 Å². The van der Waals surface area contributed by atoms with Gasteiger partial charge in [0, 0.05) is 24.0 Å². The molecule has 0 spiro atoms. The van der Waals surface area contributed by atoms with Gasteiger partial charge in [0.15, 0.2) is 0 Å². The van der Waals surface area contributed by atoms with Gasteiger partial charge < -0.3 is 16.0 Å². The first-order valence-corrected chi connectivity index (χ1v) is 7.59. The molecule has 1 fully saturated rings. The van der Waals surface area contributed by atoms with Crippen molar-refractivity contribution in [3.8, 4) is 0 Å². The van der Waals surface area contributed by atoms with Crippen LogP contribution in [0.5, 0.6) is 0 Å². The second-order valence-electron chi connectivity index (χ2n) is 5.09. The molecule has 1 aliphatic heterocycles. The van der Waals surface area contributed by atoms with Crippen LogP contribution in [0, 0.1) is 0 Å². The molecule has 5 nitrogen and oxygen atoms in total. The highest BCUT2D eigenvalue weighted by Crippen LogP contribution is 2.21. The summed E-state index contributed by atoms with van der Waals surface area (Å²) in [6, 6.07) is 5.11. The maximum Gasteiger partial charge on any atom is 0.253 e. The third-order valence-corrected chi connectivity index (χ3v) is 3.67. The van der Waals surface area contributed by atoms with E-state index in [1.165, 1.54) is 0 Å². The average molecular weight is 346 g/mol. The van der Waals surface area contributed by atoms with Gasteiger partial charge in [0.2, 0.25) is 5.91 Å². The summed E-state index contributed by atoms with van der Waals surface area (Å²) in [5.41, 5.74) is 0.880. The maximum atomic E-state index is 12.1. The first-order chi connectivity index (χ1) is 10.1. The molecule has 1 saturated heterocycles. The van der Waals surface area contributed by atoms with Crippen molar-refractivity contribution in [2.75, 3.05) is 18.4 Å². The number of carbonyl (C=O) groups is 2. The van der Waals surface area contributed by atoms with E-state index in [9.17, 15) is 9.59 Å². The molecule has 3 N–H and O–H groups in total. The number of carbonyl (C=O) groups excluding carboxylic acids is 2. The molecule has 0 aromatic heterocycles. The highest BCUT2D eigenvalue weighted by atomic mass is 35.5. The summed E-state index contributed by atoms with van der Waals surface area (Å²) in [6.07, 6.45) is 2.53. The molecule has 1 aromatic carbocycles. The molecule has 7 heteroatoms. The number of rotatable bonds is 5. The molecule has 0 saturated carbocycles. The Balaban J connectivity index is 0.00000242. The monoisotopic (exact) mass is 345 g/mol. The van der Waals surface area contributed by atoms with E-state index in [-0.39, 0.29) is 30.3 Å². The fraction of sp³-hybridized carbons (Fsp3) is 0.467. The topological polar surface area (TPSA) is 70.2 Å². The van der Waals surface area contributed by atoms with Crippen molar-refractivity contribution in [3.05, 3.63) is 28.8 Å². The Morgan fingerprint density at radius 3 is 2.82 bits per heavy atom. The summed E-state index contributed by atoms with van der Waals surface area (Å²) in [5.74, 6) is -0.337. The second kappa shape index (κ2) is 8.98. The number of nitrogens with one attached hydrogen (secondary N) is 3. The Bertz CT molecular complexity index is 532. The van der Waals surface area contributed by atoms with E-state index in [4.69, 9.17) is 11.6 Å². The fourth-order valence-corrected chi connectivity index (χ4v) is 2.60. The summed E-state index contributed by atoms with van der Waals surface area (Å²) in [7, 11) is 0. The van der Waals surface area contributed by atoms with E-state index in [0.717, 1.165) is 19.4 Å². The molecule has 2 rings (SSSR count). The highest BCUT2D eigenvalue weighted by Gasteiger charge is 2.19.